The fourth-order valence-corrected chi connectivity index (χ4v) is 1.91. The van der Waals surface area contributed by atoms with Crippen LogP contribution in [0.25, 0.3) is 0 Å². The Balaban J connectivity index is 2.01. The van der Waals surface area contributed by atoms with E-state index >= 15 is 0 Å². The van der Waals surface area contributed by atoms with Crippen molar-refractivity contribution in [3.8, 4) is 0 Å². The second kappa shape index (κ2) is 6.54. The van der Waals surface area contributed by atoms with Gasteiger partial charge in [0.1, 0.15) is 11.6 Å². The highest BCUT2D eigenvalue weighted by molar-refractivity contribution is 5.25. The van der Waals surface area contributed by atoms with E-state index in [2.05, 4.69) is 10.3 Å². The fourth-order valence-electron chi connectivity index (χ4n) is 1.91. The second-order valence-electron chi connectivity index (χ2n) is 4.62. The Morgan fingerprint density at radius 1 is 1.25 bits per heavy atom. The number of benzene rings is 1. The summed E-state index contributed by atoms with van der Waals surface area (Å²) >= 11 is 0. The number of hydrogen-bond acceptors (Lipinski definition) is 3. The third-order valence-electron chi connectivity index (χ3n) is 3.12. The van der Waals surface area contributed by atoms with Crippen molar-refractivity contribution in [2.75, 3.05) is 0 Å². The summed E-state index contributed by atoms with van der Waals surface area (Å²) in [6.45, 7) is 2.06. The van der Waals surface area contributed by atoms with Crippen molar-refractivity contribution in [1.82, 2.24) is 10.3 Å². The van der Waals surface area contributed by atoms with E-state index in [1.165, 1.54) is 12.1 Å². The largest absolute Gasteiger partial charge is 0.392 e. The fraction of sp³-hybridized carbons (Fsp3) is 0.267. The molecule has 0 saturated heterocycles. The molecule has 0 aliphatic carbocycles. The summed E-state index contributed by atoms with van der Waals surface area (Å²) in [5.41, 5.74) is 1.87. The van der Waals surface area contributed by atoms with Gasteiger partial charge in [0.15, 0.2) is 0 Å². The molecule has 0 aliphatic rings. The van der Waals surface area contributed by atoms with Gasteiger partial charge in [0.05, 0.1) is 12.8 Å². The molecular formula is C15H16F2N2O. The predicted octanol–water partition coefficient (Wildman–Crippen LogP) is 2.70. The molecule has 3 nitrogen and oxygen atoms in total. The Morgan fingerprint density at radius 3 is 2.75 bits per heavy atom. The highest BCUT2D eigenvalue weighted by atomic mass is 19.1. The predicted molar refractivity (Wildman–Crippen MR) is 71.8 cm³/mol. The minimum Gasteiger partial charge on any atom is -0.392 e. The van der Waals surface area contributed by atoms with Gasteiger partial charge in [-0.2, -0.15) is 0 Å². The summed E-state index contributed by atoms with van der Waals surface area (Å²) < 4.78 is 26.3. The molecule has 0 saturated carbocycles. The first-order valence-corrected chi connectivity index (χ1v) is 6.32. The lowest BCUT2D eigenvalue weighted by atomic mass is 10.1. The summed E-state index contributed by atoms with van der Waals surface area (Å²) in [6.07, 6.45) is 2.76. The lowest BCUT2D eigenvalue weighted by molar-refractivity contribution is 0.275. The molecule has 2 aromatic rings. The number of nitrogens with zero attached hydrogens (tertiary/aromatic N) is 1. The summed E-state index contributed by atoms with van der Waals surface area (Å²) in [5, 5.41) is 12.2. The molecule has 0 radical (unpaired) electrons. The second-order valence-corrected chi connectivity index (χ2v) is 4.62. The number of hydrogen-bond donors (Lipinski definition) is 2. The number of halogens is 2. The zero-order valence-corrected chi connectivity index (χ0v) is 11.1. The average molecular weight is 278 g/mol. The van der Waals surface area contributed by atoms with Gasteiger partial charge in [-0.1, -0.05) is 6.07 Å². The van der Waals surface area contributed by atoms with Crippen molar-refractivity contribution in [1.29, 1.82) is 0 Å². The van der Waals surface area contributed by atoms with Crippen LogP contribution in [0, 0.1) is 11.6 Å². The Morgan fingerprint density at radius 2 is 2.05 bits per heavy atom. The molecule has 1 aromatic heterocycles. The van der Waals surface area contributed by atoms with E-state index < -0.39 is 5.82 Å². The van der Waals surface area contributed by atoms with Crippen LogP contribution >= 0.6 is 0 Å². The molecule has 1 aromatic carbocycles. The van der Waals surface area contributed by atoms with E-state index in [9.17, 15) is 8.78 Å². The summed E-state index contributed by atoms with van der Waals surface area (Å²) in [7, 11) is 0. The van der Waals surface area contributed by atoms with Crippen molar-refractivity contribution in [3.05, 3.63) is 65.0 Å². The molecule has 1 unspecified atom stereocenters. The molecule has 1 atom stereocenters. The summed E-state index contributed by atoms with van der Waals surface area (Å²) in [4.78, 5) is 3.80. The van der Waals surface area contributed by atoms with Crippen LogP contribution in [0.1, 0.15) is 29.7 Å². The third-order valence-corrected chi connectivity index (χ3v) is 3.12. The average Bonchev–Trinajstić information content (AvgIpc) is 2.46. The lowest BCUT2D eigenvalue weighted by Gasteiger charge is -2.14. The van der Waals surface area contributed by atoms with Crippen LogP contribution < -0.4 is 5.32 Å². The molecule has 2 rings (SSSR count). The van der Waals surface area contributed by atoms with Gasteiger partial charge in [0.2, 0.25) is 0 Å². The van der Waals surface area contributed by atoms with Gasteiger partial charge in [-0.05, 0) is 36.2 Å². The van der Waals surface area contributed by atoms with Crippen molar-refractivity contribution >= 4 is 0 Å². The van der Waals surface area contributed by atoms with Crippen LogP contribution in [0.5, 0.6) is 0 Å². The van der Waals surface area contributed by atoms with Crippen molar-refractivity contribution < 1.29 is 13.9 Å². The van der Waals surface area contributed by atoms with Crippen LogP contribution in [0.15, 0.2) is 36.7 Å². The van der Waals surface area contributed by atoms with Gasteiger partial charge in [-0.15, -0.1) is 0 Å². The molecule has 0 aliphatic heterocycles. The zero-order valence-electron chi connectivity index (χ0n) is 11.1. The zero-order chi connectivity index (χ0) is 14.5. The normalized spacial score (nSPS) is 12.4. The molecule has 0 fully saturated rings. The van der Waals surface area contributed by atoms with Crippen molar-refractivity contribution in [3.63, 3.8) is 0 Å². The van der Waals surface area contributed by atoms with Gasteiger partial charge in [-0.3, -0.25) is 4.98 Å². The number of aliphatic hydroxyl groups excluding tert-OH is 1. The quantitative estimate of drug-likeness (QED) is 0.884. The number of rotatable bonds is 5. The number of nitrogens with one attached hydrogen (secondary N) is 1. The maximum absolute atomic E-state index is 13.2. The van der Waals surface area contributed by atoms with E-state index in [0.29, 0.717) is 6.54 Å². The first kappa shape index (κ1) is 14.6. The molecule has 2 N–H and O–H groups in total. The number of pyridine rings is 1. The SMILES string of the molecule is CC(NCc1ccc(F)c(CO)c1)c1cncc(F)c1. The smallest absolute Gasteiger partial charge is 0.141 e. The minimum absolute atomic E-state index is 0.0826. The molecular weight excluding hydrogens is 262 g/mol. The van der Waals surface area contributed by atoms with E-state index in [-0.39, 0.29) is 24.0 Å². The molecule has 20 heavy (non-hydrogen) atoms. The third kappa shape index (κ3) is 3.59. The van der Waals surface area contributed by atoms with Gasteiger partial charge in [0, 0.05) is 24.3 Å². The van der Waals surface area contributed by atoms with Gasteiger partial charge in [-0.25, -0.2) is 8.78 Å². The number of aliphatic hydroxyl groups is 1. The molecule has 1 heterocycles. The van der Waals surface area contributed by atoms with E-state index in [4.69, 9.17) is 5.11 Å². The highest BCUT2D eigenvalue weighted by Crippen LogP contribution is 2.15. The van der Waals surface area contributed by atoms with Crippen molar-refractivity contribution in [2.24, 2.45) is 0 Å². The molecule has 0 bridgehead atoms. The van der Waals surface area contributed by atoms with Crippen molar-refractivity contribution in [2.45, 2.75) is 26.1 Å². The number of aromatic nitrogens is 1. The van der Waals surface area contributed by atoms with E-state index in [0.717, 1.165) is 17.3 Å². The van der Waals surface area contributed by atoms with Gasteiger partial charge >= 0.3 is 0 Å². The van der Waals surface area contributed by atoms with Crippen LogP contribution in [-0.2, 0) is 13.2 Å². The summed E-state index contributed by atoms with van der Waals surface area (Å²) in [5.74, 6) is -0.792. The molecule has 0 amide bonds. The van der Waals surface area contributed by atoms with Crippen LogP contribution in [0.3, 0.4) is 0 Å². The van der Waals surface area contributed by atoms with Gasteiger partial charge < -0.3 is 10.4 Å². The maximum atomic E-state index is 13.2. The standard InChI is InChI=1S/C15H16F2N2O/c1-10(12-5-14(16)8-18-7-12)19-6-11-2-3-15(17)13(4-11)9-20/h2-5,7-8,10,19-20H,6,9H2,1H3. The minimum atomic E-state index is -0.418. The molecule has 5 heteroatoms. The Labute approximate surface area is 116 Å². The van der Waals surface area contributed by atoms with E-state index in [1.54, 1.807) is 18.3 Å². The maximum Gasteiger partial charge on any atom is 0.141 e. The van der Waals surface area contributed by atoms with Crippen LogP contribution in [0.4, 0.5) is 8.78 Å². The Kier molecular flexibility index (Phi) is 4.76. The Hall–Kier alpha value is -1.85. The highest BCUT2D eigenvalue weighted by Gasteiger charge is 2.08. The van der Waals surface area contributed by atoms with Gasteiger partial charge in [0.25, 0.3) is 0 Å². The topological polar surface area (TPSA) is 45.1 Å². The Bertz CT molecular complexity index is 590. The lowest BCUT2D eigenvalue weighted by Crippen LogP contribution is -2.18. The molecule has 0 spiro atoms. The molecule has 106 valence electrons. The van der Waals surface area contributed by atoms with Crippen LogP contribution in [0.2, 0.25) is 0 Å². The van der Waals surface area contributed by atoms with E-state index in [1.807, 2.05) is 6.92 Å². The first-order chi connectivity index (χ1) is 9.60. The monoisotopic (exact) mass is 278 g/mol. The summed E-state index contributed by atoms with van der Waals surface area (Å²) in [6, 6.07) is 5.93. The first-order valence-electron chi connectivity index (χ1n) is 6.32. The van der Waals surface area contributed by atoms with Crippen LogP contribution in [-0.4, -0.2) is 10.1 Å².